The van der Waals surface area contributed by atoms with Gasteiger partial charge in [-0.2, -0.15) is 0 Å². The highest BCUT2D eigenvalue weighted by molar-refractivity contribution is 6.09. The fourth-order valence-corrected chi connectivity index (χ4v) is 3.38. The van der Waals surface area contributed by atoms with Crippen molar-refractivity contribution in [2.24, 2.45) is 0 Å². The lowest BCUT2D eigenvalue weighted by Crippen LogP contribution is -2.43. The summed E-state index contributed by atoms with van der Waals surface area (Å²) in [5.41, 5.74) is -0.622. The summed E-state index contributed by atoms with van der Waals surface area (Å²) >= 11 is 0. The van der Waals surface area contributed by atoms with Crippen LogP contribution in [-0.2, 0) is 19.9 Å². The van der Waals surface area contributed by atoms with Crippen LogP contribution in [0.5, 0.6) is 0 Å². The number of carbonyl (C=O) groups is 4. The first-order valence-corrected chi connectivity index (χ1v) is 9.31. The van der Waals surface area contributed by atoms with Gasteiger partial charge in [0.15, 0.2) is 0 Å². The molecule has 2 aromatic rings. The van der Waals surface area contributed by atoms with Crippen LogP contribution in [0.2, 0.25) is 0 Å². The molecule has 1 fully saturated rings. The topological polar surface area (TPSA) is 107 Å². The van der Waals surface area contributed by atoms with E-state index in [1.165, 1.54) is 11.9 Å². The number of amides is 4. The highest BCUT2D eigenvalue weighted by Crippen LogP contribution is 2.31. The Morgan fingerprint density at radius 1 is 1.14 bits per heavy atom. The quantitative estimate of drug-likeness (QED) is 0.695. The molecule has 29 heavy (non-hydrogen) atoms. The van der Waals surface area contributed by atoms with E-state index in [2.05, 4.69) is 5.32 Å². The predicted octanol–water partition coefficient (Wildman–Crippen LogP) is 1.93. The van der Waals surface area contributed by atoms with Crippen LogP contribution in [0.15, 0.2) is 42.5 Å². The van der Waals surface area contributed by atoms with Crippen molar-refractivity contribution in [3.8, 4) is 0 Å². The van der Waals surface area contributed by atoms with Crippen molar-refractivity contribution in [2.75, 3.05) is 20.1 Å². The lowest BCUT2D eigenvalue weighted by Gasteiger charge is -2.23. The van der Waals surface area contributed by atoms with Crippen LogP contribution in [0.4, 0.5) is 4.79 Å². The lowest BCUT2D eigenvalue weighted by molar-refractivity contribution is -0.139. The van der Waals surface area contributed by atoms with Crippen molar-refractivity contribution < 1.29 is 24.3 Å². The molecule has 0 aromatic heterocycles. The number of rotatable bonds is 7. The van der Waals surface area contributed by atoms with Crippen molar-refractivity contribution in [2.45, 2.75) is 25.3 Å². The van der Waals surface area contributed by atoms with Gasteiger partial charge in [0.1, 0.15) is 12.1 Å². The number of urea groups is 1. The Bertz CT molecular complexity index is 989. The molecule has 1 heterocycles. The highest BCUT2D eigenvalue weighted by Gasteiger charge is 2.49. The van der Waals surface area contributed by atoms with Crippen molar-refractivity contribution in [3.63, 3.8) is 0 Å². The number of hydrogen-bond acceptors (Lipinski definition) is 4. The van der Waals surface area contributed by atoms with Gasteiger partial charge in [-0.05, 0) is 35.7 Å². The van der Waals surface area contributed by atoms with E-state index in [1.807, 2.05) is 36.4 Å². The van der Waals surface area contributed by atoms with E-state index in [-0.39, 0.29) is 13.0 Å². The van der Waals surface area contributed by atoms with Crippen LogP contribution in [0.25, 0.3) is 10.8 Å². The van der Waals surface area contributed by atoms with E-state index in [9.17, 15) is 19.2 Å². The van der Waals surface area contributed by atoms with Crippen LogP contribution >= 0.6 is 0 Å². The second-order valence-electron chi connectivity index (χ2n) is 7.32. The van der Waals surface area contributed by atoms with E-state index in [1.54, 1.807) is 13.0 Å². The van der Waals surface area contributed by atoms with Crippen molar-refractivity contribution >= 4 is 34.6 Å². The largest absolute Gasteiger partial charge is 0.481 e. The Morgan fingerprint density at radius 3 is 2.52 bits per heavy atom. The van der Waals surface area contributed by atoms with Crippen LogP contribution in [0, 0.1) is 0 Å². The molecule has 0 aliphatic carbocycles. The average molecular weight is 397 g/mol. The molecule has 152 valence electrons. The number of aliphatic carboxylic acids is 1. The van der Waals surface area contributed by atoms with Gasteiger partial charge in [-0.3, -0.25) is 19.3 Å². The maximum absolute atomic E-state index is 13.0. The summed E-state index contributed by atoms with van der Waals surface area (Å²) < 4.78 is 0. The van der Waals surface area contributed by atoms with Gasteiger partial charge in [0.05, 0.1) is 0 Å². The Labute approximate surface area is 168 Å². The van der Waals surface area contributed by atoms with Gasteiger partial charge in [0, 0.05) is 20.0 Å². The molecule has 1 unspecified atom stereocenters. The minimum Gasteiger partial charge on any atom is -0.481 e. The average Bonchev–Trinajstić information content (AvgIpc) is 2.91. The van der Waals surface area contributed by atoms with Gasteiger partial charge in [0.2, 0.25) is 5.91 Å². The number of benzene rings is 2. The number of carbonyl (C=O) groups excluding carboxylic acids is 3. The van der Waals surface area contributed by atoms with E-state index in [0.717, 1.165) is 15.7 Å². The summed E-state index contributed by atoms with van der Waals surface area (Å²) in [5, 5.41) is 13.4. The monoisotopic (exact) mass is 397 g/mol. The fraction of sp³-hybridized carbons (Fsp3) is 0.333. The zero-order valence-corrected chi connectivity index (χ0v) is 16.3. The lowest BCUT2D eigenvalue weighted by atomic mass is 9.90. The van der Waals surface area contributed by atoms with E-state index < -0.39 is 35.9 Å². The van der Waals surface area contributed by atoms with Crippen LogP contribution in [0.3, 0.4) is 0 Å². The van der Waals surface area contributed by atoms with Gasteiger partial charge >= 0.3 is 12.0 Å². The number of carboxylic acids is 1. The maximum Gasteiger partial charge on any atom is 0.325 e. The summed E-state index contributed by atoms with van der Waals surface area (Å²) in [6.45, 7) is 1.46. The van der Waals surface area contributed by atoms with Crippen LogP contribution < -0.4 is 5.32 Å². The normalized spacial score (nSPS) is 18.8. The molecule has 1 aliphatic heterocycles. The Hall–Kier alpha value is -3.42. The third-order valence-electron chi connectivity index (χ3n) is 5.21. The molecule has 3 rings (SSSR count). The second-order valence-corrected chi connectivity index (χ2v) is 7.32. The maximum atomic E-state index is 13.0. The molecule has 8 heteroatoms. The minimum atomic E-state index is -1.26. The smallest absolute Gasteiger partial charge is 0.325 e. The molecule has 0 saturated carbocycles. The molecule has 0 bridgehead atoms. The summed E-state index contributed by atoms with van der Waals surface area (Å²) in [6, 6.07) is 12.6. The highest BCUT2D eigenvalue weighted by atomic mass is 16.4. The number of imide groups is 1. The second kappa shape index (κ2) is 7.90. The van der Waals surface area contributed by atoms with Crippen molar-refractivity contribution in [1.82, 2.24) is 15.1 Å². The van der Waals surface area contributed by atoms with Gasteiger partial charge in [-0.15, -0.1) is 0 Å². The number of carboxylic acid groups (broad SMARTS) is 1. The number of hydrogen-bond donors (Lipinski definition) is 2. The summed E-state index contributed by atoms with van der Waals surface area (Å²) in [5.74, 6) is -1.86. The van der Waals surface area contributed by atoms with Crippen LogP contribution in [0.1, 0.15) is 25.3 Å². The Kier molecular flexibility index (Phi) is 5.54. The third-order valence-corrected chi connectivity index (χ3v) is 5.21. The zero-order chi connectivity index (χ0) is 21.2. The van der Waals surface area contributed by atoms with Gasteiger partial charge in [-0.25, -0.2) is 4.79 Å². The Balaban J connectivity index is 1.74. The molecule has 2 aromatic carbocycles. The zero-order valence-electron chi connectivity index (χ0n) is 16.3. The molecule has 2 N–H and O–H groups in total. The molecule has 4 amide bonds. The van der Waals surface area contributed by atoms with Crippen LogP contribution in [-0.4, -0.2) is 58.9 Å². The number of likely N-dealkylation sites (N-methyl/N-ethyl adjacent to an activating group) is 1. The number of nitrogens with one attached hydrogen (secondary N) is 1. The van der Waals surface area contributed by atoms with E-state index in [0.29, 0.717) is 12.0 Å². The van der Waals surface area contributed by atoms with E-state index in [4.69, 9.17) is 5.11 Å². The van der Waals surface area contributed by atoms with Crippen molar-refractivity contribution in [3.05, 3.63) is 48.0 Å². The third kappa shape index (κ3) is 4.06. The van der Waals surface area contributed by atoms with Crippen molar-refractivity contribution in [1.29, 1.82) is 0 Å². The molecule has 1 atom stereocenters. The summed E-state index contributed by atoms with van der Waals surface area (Å²) in [7, 11) is 1.52. The molecule has 1 saturated heterocycles. The van der Waals surface area contributed by atoms with Gasteiger partial charge in [-0.1, -0.05) is 36.4 Å². The van der Waals surface area contributed by atoms with E-state index >= 15 is 0 Å². The molecule has 8 nitrogen and oxygen atoms in total. The SMILES string of the molecule is CN(CCCC(=O)O)C(=O)CN1C(=O)NC(C)(c2ccc3ccccc3c2)C1=O. The molecular formula is C21H23N3O5. The molecule has 1 aliphatic rings. The number of fused-ring (bicyclic) bond motifs is 1. The standard InChI is InChI=1S/C21H23N3O5/c1-21(16-10-9-14-6-3-4-7-15(14)12-16)19(28)24(20(29)22-21)13-17(25)23(2)11-5-8-18(26)27/h3-4,6-7,9-10,12H,5,8,11,13H2,1-2H3,(H,22,29)(H,26,27). The molecule has 0 spiro atoms. The minimum absolute atomic E-state index is 0.0548. The summed E-state index contributed by atoms with van der Waals surface area (Å²) in [4.78, 5) is 50.7. The first kappa shape index (κ1) is 20.3. The predicted molar refractivity (Wildman–Crippen MR) is 106 cm³/mol. The van der Waals surface area contributed by atoms with Gasteiger partial charge in [0.25, 0.3) is 5.91 Å². The van der Waals surface area contributed by atoms with Gasteiger partial charge < -0.3 is 15.3 Å². The first-order valence-electron chi connectivity index (χ1n) is 9.31. The fourth-order valence-electron chi connectivity index (χ4n) is 3.38. The Morgan fingerprint density at radius 2 is 1.83 bits per heavy atom. The molecular weight excluding hydrogens is 374 g/mol. The molecule has 0 radical (unpaired) electrons. The first-order chi connectivity index (χ1) is 13.7. The number of nitrogens with zero attached hydrogens (tertiary/aromatic N) is 2. The summed E-state index contributed by atoms with van der Waals surface area (Å²) in [6.07, 6.45) is 0.243.